The van der Waals surface area contributed by atoms with Gasteiger partial charge in [-0.25, -0.2) is 0 Å². The van der Waals surface area contributed by atoms with Crippen molar-refractivity contribution in [3.05, 3.63) is 22.2 Å². The van der Waals surface area contributed by atoms with Gasteiger partial charge in [0.15, 0.2) is 5.78 Å². The third-order valence-electron chi connectivity index (χ3n) is 2.66. The minimum atomic E-state index is -4.62. The number of halogens is 4. The summed E-state index contributed by atoms with van der Waals surface area (Å²) in [6.45, 7) is 0.402. The van der Waals surface area contributed by atoms with Gasteiger partial charge in [0.2, 0.25) is 0 Å². The summed E-state index contributed by atoms with van der Waals surface area (Å²) in [6.07, 6.45) is -1.64. The van der Waals surface area contributed by atoms with Crippen LogP contribution in [0.1, 0.15) is 12.8 Å². The lowest BCUT2D eigenvalue weighted by Gasteiger charge is -2.29. The fourth-order valence-corrected chi connectivity index (χ4v) is 2.51. The van der Waals surface area contributed by atoms with Gasteiger partial charge in [0, 0.05) is 11.1 Å². The Kier molecular flexibility index (Phi) is 2.74. The molecular formula is C10H8BrF3O2. The average Bonchev–Trinajstić information content (AvgIpc) is 2.59. The van der Waals surface area contributed by atoms with Crippen LogP contribution < -0.4 is 0 Å². The van der Waals surface area contributed by atoms with Gasteiger partial charge in [0.05, 0.1) is 0 Å². The maximum Gasteiger partial charge on any atom is 0.419 e. The Bertz CT molecular complexity index is 389. The molecule has 1 unspecified atom stereocenters. The van der Waals surface area contributed by atoms with Crippen molar-refractivity contribution in [1.82, 2.24) is 0 Å². The molecule has 0 aromatic rings. The van der Waals surface area contributed by atoms with Crippen LogP contribution in [-0.2, 0) is 9.53 Å². The largest absolute Gasteiger partial charge is 0.419 e. The number of ketones is 1. The molecule has 1 saturated heterocycles. The molecule has 6 heteroatoms. The molecule has 1 aliphatic heterocycles. The second-order valence-corrected chi connectivity index (χ2v) is 4.61. The maximum absolute atomic E-state index is 12.6. The van der Waals surface area contributed by atoms with Gasteiger partial charge in [-0.2, -0.15) is 13.2 Å². The van der Waals surface area contributed by atoms with E-state index in [1.807, 2.05) is 0 Å². The molecule has 2 nitrogen and oxygen atoms in total. The Labute approximate surface area is 98.3 Å². The Morgan fingerprint density at radius 1 is 1.44 bits per heavy atom. The van der Waals surface area contributed by atoms with Crippen LogP contribution in [0.2, 0.25) is 0 Å². The Hall–Kier alpha value is -0.620. The van der Waals surface area contributed by atoms with Crippen molar-refractivity contribution < 1.29 is 22.7 Å². The summed E-state index contributed by atoms with van der Waals surface area (Å²) in [6, 6.07) is 0. The molecule has 1 atom stereocenters. The zero-order valence-electron chi connectivity index (χ0n) is 8.10. The first-order valence-corrected chi connectivity index (χ1v) is 5.50. The zero-order chi connectivity index (χ0) is 12.0. The monoisotopic (exact) mass is 296 g/mol. The van der Waals surface area contributed by atoms with Crippen LogP contribution >= 0.6 is 15.9 Å². The van der Waals surface area contributed by atoms with Gasteiger partial charge in [-0.3, -0.25) is 4.79 Å². The predicted molar refractivity (Wildman–Crippen MR) is 54.1 cm³/mol. The van der Waals surface area contributed by atoms with Gasteiger partial charge < -0.3 is 4.74 Å². The highest BCUT2D eigenvalue weighted by atomic mass is 79.9. The van der Waals surface area contributed by atoms with Crippen LogP contribution in [0, 0.1) is 0 Å². The standard InChI is InChI=1S/C10H8BrF3O2/c11-8-4-7(15)6(10(12,13)14)5-9(8)2-1-3-16-9/h4-5H,1-3H2. The number of carbonyl (C=O) groups excluding carboxylic acids is 1. The molecule has 0 bridgehead atoms. The van der Waals surface area contributed by atoms with E-state index in [-0.39, 0.29) is 0 Å². The number of allylic oxidation sites excluding steroid dienone is 2. The topological polar surface area (TPSA) is 26.3 Å². The van der Waals surface area contributed by atoms with Crippen LogP contribution in [0.4, 0.5) is 13.2 Å². The number of hydrogen-bond donors (Lipinski definition) is 0. The predicted octanol–water partition coefficient (Wildman–Crippen LogP) is 2.89. The highest BCUT2D eigenvalue weighted by Gasteiger charge is 2.47. The minimum absolute atomic E-state index is 0.371. The van der Waals surface area contributed by atoms with Crippen molar-refractivity contribution in [3.8, 4) is 0 Å². The van der Waals surface area contributed by atoms with E-state index < -0.39 is 23.1 Å². The van der Waals surface area contributed by atoms with Gasteiger partial charge >= 0.3 is 6.18 Å². The molecule has 0 aromatic carbocycles. The van der Waals surface area contributed by atoms with Gasteiger partial charge in [-0.1, -0.05) is 15.9 Å². The lowest BCUT2D eigenvalue weighted by molar-refractivity contribution is -0.126. The molecule has 16 heavy (non-hydrogen) atoms. The van der Waals surface area contributed by atoms with Crippen LogP contribution in [0.25, 0.3) is 0 Å². The van der Waals surface area contributed by atoms with Crippen molar-refractivity contribution >= 4 is 21.7 Å². The molecule has 0 saturated carbocycles. The summed E-state index contributed by atoms with van der Waals surface area (Å²) in [5.74, 6) is -1.03. The molecule has 88 valence electrons. The molecule has 1 heterocycles. The van der Waals surface area contributed by atoms with Crippen molar-refractivity contribution in [2.75, 3.05) is 6.61 Å². The normalized spacial score (nSPS) is 30.6. The van der Waals surface area contributed by atoms with E-state index >= 15 is 0 Å². The number of ether oxygens (including phenoxy) is 1. The summed E-state index contributed by atoms with van der Waals surface area (Å²) in [5.41, 5.74) is -2.23. The highest BCUT2D eigenvalue weighted by Crippen LogP contribution is 2.43. The van der Waals surface area contributed by atoms with E-state index in [9.17, 15) is 18.0 Å². The zero-order valence-corrected chi connectivity index (χ0v) is 9.69. The maximum atomic E-state index is 12.6. The van der Waals surface area contributed by atoms with Crippen molar-refractivity contribution in [2.24, 2.45) is 0 Å². The summed E-state index contributed by atoms with van der Waals surface area (Å²) in [5, 5.41) is 0. The minimum Gasteiger partial charge on any atom is -0.366 e. The second-order valence-electron chi connectivity index (χ2n) is 3.75. The van der Waals surface area contributed by atoms with Crippen molar-refractivity contribution in [1.29, 1.82) is 0 Å². The van der Waals surface area contributed by atoms with E-state index in [1.54, 1.807) is 0 Å². The fourth-order valence-electron chi connectivity index (χ4n) is 1.87. The summed E-state index contributed by atoms with van der Waals surface area (Å²) in [4.78, 5) is 11.2. The number of carbonyl (C=O) groups is 1. The summed E-state index contributed by atoms with van der Waals surface area (Å²) in [7, 11) is 0. The Morgan fingerprint density at radius 2 is 2.12 bits per heavy atom. The highest BCUT2D eigenvalue weighted by molar-refractivity contribution is 9.11. The van der Waals surface area contributed by atoms with Crippen LogP contribution in [0.3, 0.4) is 0 Å². The van der Waals surface area contributed by atoms with E-state index in [1.165, 1.54) is 0 Å². The van der Waals surface area contributed by atoms with E-state index in [0.717, 1.165) is 12.2 Å². The SMILES string of the molecule is O=C1C=C(Br)C2(C=C1C(F)(F)F)CCCO2. The smallest absolute Gasteiger partial charge is 0.366 e. The van der Waals surface area contributed by atoms with Crippen molar-refractivity contribution in [3.63, 3.8) is 0 Å². The molecule has 0 radical (unpaired) electrons. The lowest BCUT2D eigenvalue weighted by atomic mass is 9.89. The fraction of sp³-hybridized carbons (Fsp3) is 0.500. The number of hydrogen-bond acceptors (Lipinski definition) is 2. The Balaban J connectivity index is 2.44. The number of rotatable bonds is 0. The molecule has 2 aliphatic rings. The molecule has 1 fully saturated rings. The van der Waals surface area contributed by atoms with Gasteiger partial charge in [-0.05, 0) is 25.0 Å². The molecule has 0 N–H and O–H groups in total. The molecule has 1 spiro atoms. The van der Waals surface area contributed by atoms with Crippen LogP contribution in [0.5, 0.6) is 0 Å². The van der Waals surface area contributed by atoms with E-state index in [4.69, 9.17) is 4.74 Å². The molecular weight excluding hydrogens is 289 g/mol. The van der Waals surface area contributed by atoms with Crippen LogP contribution in [-0.4, -0.2) is 24.2 Å². The third kappa shape index (κ3) is 1.84. The van der Waals surface area contributed by atoms with Crippen molar-refractivity contribution in [2.45, 2.75) is 24.6 Å². The number of alkyl halides is 3. The average molecular weight is 297 g/mol. The second kappa shape index (κ2) is 3.70. The summed E-state index contributed by atoms with van der Waals surface area (Å²) < 4.78 is 43.4. The van der Waals surface area contributed by atoms with Gasteiger partial charge in [0.1, 0.15) is 11.2 Å². The molecule has 0 aromatic heterocycles. The molecule has 0 amide bonds. The van der Waals surface area contributed by atoms with Crippen LogP contribution in [0.15, 0.2) is 22.2 Å². The lowest BCUT2D eigenvalue weighted by Crippen LogP contribution is -2.34. The van der Waals surface area contributed by atoms with Gasteiger partial charge in [-0.15, -0.1) is 0 Å². The third-order valence-corrected chi connectivity index (χ3v) is 3.56. The summed E-state index contributed by atoms with van der Waals surface area (Å²) >= 11 is 3.11. The molecule has 2 rings (SSSR count). The molecule has 1 aliphatic carbocycles. The first-order valence-electron chi connectivity index (χ1n) is 4.71. The van der Waals surface area contributed by atoms with Gasteiger partial charge in [0.25, 0.3) is 0 Å². The van der Waals surface area contributed by atoms with E-state index in [2.05, 4.69) is 15.9 Å². The van der Waals surface area contributed by atoms with E-state index in [0.29, 0.717) is 23.9 Å². The quantitative estimate of drug-likeness (QED) is 0.687. The first-order chi connectivity index (χ1) is 7.35. The Morgan fingerprint density at radius 3 is 2.62 bits per heavy atom. The first kappa shape index (κ1) is 11.9.